The van der Waals surface area contributed by atoms with Crippen LogP contribution in [0.15, 0.2) is 11.6 Å². The van der Waals surface area contributed by atoms with Crippen LogP contribution in [0.25, 0.3) is 0 Å². The van der Waals surface area contributed by atoms with Crippen molar-refractivity contribution in [1.29, 1.82) is 0 Å². The molecule has 12 heavy (non-hydrogen) atoms. The molecule has 0 fully saturated rings. The first kappa shape index (κ1) is 11.2. The van der Waals surface area contributed by atoms with Crippen LogP contribution < -0.4 is 0 Å². The normalized spacial score (nSPS) is 14.0. The minimum atomic E-state index is -0.156. The summed E-state index contributed by atoms with van der Waals surface area (Å²) in [5.41, 5.74) is 0.888. The summed E-state index contributed by atoms with van der Waals surface area (Å²) in [5, 5.41) is 0. The Labute approximate surface area is 74.6 Å². The minimum Gasteiger partial charge on any atom is -0.353 e. The van der Waals surface area contributed by atoms with Crippen LogP contribution in [0.3, 0.4) is 0 Å². The third-order valence-corrected chi connectivity index (χ3v) is 1.35. The molecular formula is C10H16O2. The van der Waals surface area contributed by atoms with Gasteiger partial charge in [0.15, 0.2) is 6.29 Å². The van der Waals surface area contributed by atoms with E-state index in [4.69, 9.17) is 15.9 Å². The summed E-state index contributed by atoms with van der Waals surface area (Å²) < 4.78 is 10.4. The fraction of sp³-hybridized carbons (Fsp3) is 0.600. The van der Waals surface area contributed by atoms with E-state index in [1.807, 2.05) is 26.8 Å². The standard InChI is InChI=1S/C10H16O2/c1-5-9(3)7-8-12-10(4)11-6-2/h1,7,10H,6,8H2,2-4H3/b9-7-/t10-/m1/s1. The molecule has 0 saturated carbocycles. The van der Waals surface area contributed by atoms with Crippen molar-refractivity contribution in [2.75, 3.05) is 13.2 Å². The van der Waals surface area contributed by atoms with Crippen molar-refractivity contribution in [1.82, 2.24) is 0 Å². The average molecular weight is 168 g/mol. The van der Waals surface area contributed by atoms with Crippen molar-refractivity contribution >= 4 is 0 Å². The highest BCUT2D eigenvalue weighted by Gasteiger charge is 1.97. The first-order chi connectivity index (χ1) is 5.70. The predicted octanol–water partition coefficient (Wildman–Crippen LogP) is 1.97. The van der Waals surface area contributed by atoms with Gasteiger partial charge in [0, 0.05) is 6.61 Å². The highest BCUT2D eigenvalue weighted by atomic mass is 16.7. The number of allylic oxidation sites excluding steroid dienone is 1. The fourth-order valence-electron chi connectivity index (χ4n) is 0.650. The van der Waals surface area contributed by atoms with Gasteiger partial charge in [0.25, 0.3) is 0 Å². The molecule has 1 atom stereocenters. The molecule has 0 heterocycles. The van der Waals surface area contributed by atoms with Crippen LogP contribution in [0, 0.1) is 12.3 Å². The molecule has 0 aromatic heterocycles. The molecule has 0 aliphatic heterocycles. The topological polar surface area (TPSA) is 18.5 Å². The maximum atomic E-state index is 5.26. The van der Waals surface area contributed by atoms with Crippen molar-refractivity contribution in [2.45, 2.75) is 27.1 Å². The Kier molecular flexibility index (Phi) is 6.45. The average Bonchev–Trinajstić information content (AvgIpc) is 2.04. The van der Waals surface area contributed by atoms with Crippen LogP contribution in [0.1, 0.15) is 20.8 Å². The third kappa shape index (κ3) is 5.96. The van der Waals surface area contributed by atoms with E-state index in [1.165, 1.54) is 0 Å². The Morgan fingerprint density at radius 3 is 2.75 bits per heavy atom. The van der Waals surface area contributed by atoms with Gasteiger partial charge in [-0.15, -0.1) is 6.42 Å². The van der Waals surface area contributed by atoms with Gasteiger partial charge in [0.1, 0.15) is 0 Å². The molecule has 0 aliphatic carbocycles. The Hall–Kier alpha value is -0.780. The molecule has 0 rings (SSSR count). The van der Waals surface area contributed by atoms with Gasteiger partial charge in [-0.2, -0.15) is 0 Å². The third-order valence-electron chi connectivity index (χ3n) is 1.35. The van der Waals surface area contributed by atoms with Crippen LogP contribution in [0.5, 0.6) is 0 Å². The van der Waals surface area contributed by atoms with Crippen molar-refractivity contribution in [3.05, 3.63) is 11.6 Å². The number of rotatable bonds is 5. The highest BCUT2D eigenvalue weighted by Crippen LogP contribution is 1.95. The maximum Gasteiger partial charge on any atom is 0.155 e. The number of hydrogen-bond donors (Lipinski definition) is 0. The zero-order valence-electron chi connectivity index (χ0n) is 7.96. The number of ether oxygens (including phenoxy) is 2. The number of hydrogen-bond acceptors (Lipinski definition) is 2. The van der Waals surface area contributed by atoms with Gasteiger partial charge in [-0.1, -0.05) is 5.92 Å². The fourth-order valence-corrected chi connectivity index (χ4v) is 0.650. The van der Waals surface area contributed by atoms with Gasteiger partial charge in [-0.3, -0.25) is 0 Å². The van der Waals surface area contributed by atoms with E-state index in [9.17, 15) is 0 Å². The van der Waals surface area contributed by atoms with Crippen LogP contribution in [0.4, 0.5) is 0 Å². The Morgan fingerprint density at radius 2 is 2.25 bits per heavy atom. The second kappa shape index (κ2) is 6.90. The van der Waals surface area contributed by atoms with E-state index in [0.29, 0.717) is 13.2 Å². The molecule has 0 bridgehead atoms. The summed E-state index contributed by atoms with van der Waals surface area (Å²) in [5.74, 6) is 2.51. The highest BCUT2D eigenvalue weighted by molar-refractivity contribution is 5.22. The summed E-state index contributed by atoms with van der Waals surface area (Å²) in [7, 11) is 0. The molecule has 0 saturated heterocycles. The molecule has 68 valence electrons. The monoisotopic (exact) mass is 168 g/mol. The second-order valence-corrected chi connectivity index (χ2v) is 2.39. The van der Waals surface area contributed by atoms with Crippen molar-refractivity contribution in [2.24, 2.45) is 0 Å². The molecule has 0 N–H and O–H groups in total. The lowest BCUT2D eigenvalue weighted by atomic mass is 10.3. The van der Waals surface area contributed by atoms with E-state index < -0.39 is 0 Å². The van der Waals surface area contributed by atoms with Crippen LogP contribution in [0.2, 0.25) is 0 Å². The molecule has 2 heteroatoms. The van der Waals surface area contributed by atoms with Crippen LogP contribution >= 0.6 is 0 Å². The summed E-state index contributed by atoms with van der Waals surface area (Å²) in [6.45, 7) is 6.84. The summed E-state index contributed by atoms with van der Waals surface area (Å²) in [6, 6.07) is 0. The molecule has 2 nitrogen and oxygen atoms in total. The van der Waals surface area contributed by atoms with Gasteiger partial charge in [0.2, 0.25) is 0 Å². The Bertz CT molecular complexity index is 177. The zero-order chi connectivity index (χ0) is 9.40. The largest absolute Gasteiger partial charge is 0.353 e. The summed E-state index contributed by atoms with van der Waals surface area (Å²) in [6.07, 6.45) is 6.84. The van der Waals surface area contributed by atoms with Gasteiger partial charge >= 0.3 is 0 Å². The van der Waals surface area contributed by atoms with Crippen LogP contribution in [-0.2, 0) is 9.47 Å². The lowest BCUT2D eigenvalue weighted by Crippen LogP contribution is -2.12. The van der Waals surface area contributed by atoms with E-state index in [1.54, 1.807) is 0 Å². The van der Waals surface area contributed by atoms with Crippen molar-refractivity contribution in [3.8, 4) is 12.3 Å². The first-order valence-corrected chi connectivity index (χ1v) is 4.07. The molecule has 0 unspecified atom stereocenters. The van der Waals surface area contributed by atoms with Gasteiger partial charge < -0.3 is 9.47 Å². The van der Waals surface area contributed by atoms with Crippen molar-refractivity contribution < 1.29 is 9.47 Å². The lowest BCUT2D eigenvalue weighted by molar-refractivity contribution is -0.118. The maximum absolute atomic E-state index is 5.26. The molecule has 0 spiro atoms. The smallest absolute Gasteiger partial charge is 0.155 e. The van der Waals surface area contributed by atoms with E-state index in [0.717, 1.165) is 5.57 Å². The van der Waals surface area contributed by atoms with Crippen molar-refractivity contribution in [3.63, 3.8) is 0 Å². The summed E-state index contributed by atoms with van der Waals surface area (Å²) in [4.78, 5) is 0. The molecule has 0 aliphatic rings. The molecular weight excluding hydrogens is 152 g/mol. The lowest BCUT2D eigenvalue weighted by Gasteiger charge is -2.10. The van der Waals surface area contributed by atoms with Gasteiger partial charge in [0.05, 0.1) is 6.61 Å². The second-order valence-electron chi connectivity index (χ2n) is 2.39. The first-order valence-electron chi connectivity index (χ1n) is 4.07. The quantitative estimate of drug-likeness (QED) is 0.461. The molecule has 0 radical (unpaired) electrons. The molecule has 0 amide bonds. The minimum absolute atomic E-state index is 0.156. The molecule has 0 aromatic carbocycles. The Balaban J connectivity index is 3.50. The Morgan fingerprint density at radius 1 is 1.58 bits per heavy atom. The zero-order valence-corrected chi connectivity index (χ0v) is 7.96. The SMILES string of the molecule is C#C/C(C)=C\CO[C@H](C)OCC. The van der Waals surface area contributed by atoms with E-state index >= 15 is 0 Å². The summed E-state index contributed by atoms with van der Waals surface area (Å²) >= 11 is 0. The van der Waals surface area contributed by atoms with E-state index in [2.05, 4.69) is 5.92 Å². The number of terminal acetylenes is 1. The van der Waals surface area contributed by atoms with Gasteiger partial charge in [-0.25, -0.2) is 0 Å². The molecule has 0 aromatic rings. The van der Waals surface area contributed by atoms with E-state index in [-0.39, 0.29) is 6.29 Å². The van der Waals surface area contributed by atoms with Gasteiger partial charge in [-0.05, 0) is 32.4 Å². The predicted molar refractivity (Wildman–Crippen MR) is 49.6 cm³/mol. The van der Waals surface area contributed by atoms with Crippen LogP contribution in [-0.4, -0.2) is 19.5 Å².